The van der Waals surface area contributed by atoms with Crippen molar-refractivity contribution in [1.82, 2.24) is 4.90 Å². The zero-order valence-corrected chi connectivity index (χ0v) is 9.69. The number of rotatable bonds is 5. The summed E-state index contributed by atoms with van der Waals surface area (Å²) in [5.41, 5.74) is -0.313. The number of phenolic OH excluding ortho intramolecular Hbond substituents is 1. The van der Waals surface area contributed by atoms with Crippen molar-refractivity contribution in [3.8, 4) is 5.75 Å². The van der Waals surface area contributed by atoms with E-state index in [9.17, 15) is 14.3 Å². The molecular weight excluding hydrogens is 225 g/mol. The smallest absolute Gasteiger partial charge is 0.260 e. The Hall–Kier alpha value is -1.62. The van der Waals surface area contributed by atoms with Crippen molar-refractivity contribution >= 4 is 5.91 Å². The van der Waals surface area contributed by atoms with Crippen LogP contribution in [0.5, 0.6) is 5.75 Å². The third-order valence-corrected chi connectivity index (χ3v) is 2.46. The van der Waals surface area contributed by atoms with Gasteiger partial charge in [0.15, 0.2) is 0 Å². The first-order valence-corrected chi connectivity index (χ1v) is 5.49. The van der Waals surface area contributed by atoms with Gasteiger partial charge in [0, 0.05) is 19.7 Å². The molecule has 94 valence electrons. The van der Waals surface area contributed by atoms with Gasteiger partial charge in [-0.25, -0.2) is 4.39 Å². The maximum Gasteiger partial charge on any atom is 0.260 e. The summed E-state index contributed by atoms with van der Waals surface area (Å²) in [7, 11) is 0. The number of phenols is 1. The van der Waals surface area contributed by atoms with Gasteiger partial charge >= 0.3 is 0 Å². The monoisotopic (exact) mass is 241 g/mol. The fraction of sp³-hybridized carbons (Fsp3) is 0.417. The van der Waals surface area contributed by atoms with Gasteiger partial charge in [0.2, 0.25) is 0 Å². The van der Waals surface area contributed by atoms with E-state index in [1.807, 2.05) is 0 Å². The zero-order valence-electron chi connectivity index (χ0n) is 9.69. The van der Waals surface area contributed by atoms with Crippen molar-refractivity contribution < 1.29 is 19.4 Å². The van der Waals surface area contributed by atoms with Gasteiger partial charge in [-0.2, -0.15) is 0 Å². The lowest BCUT2D eigenvalue weighted by Gasteiger charge is -2.21. The van der Waals surface area contributed by atoms with Crippen LogP contribution in [-0.4, -0.2) is 40.7 Å². The van der Waals surface area contributed by atoms with Crippen molar-refractivity contribution in [2.24, 2.45) is 0 Å². The highest BCUT2D eigenvalue weighted by Crippen LogP contribution is 2.21. The molecule has 0 fully saturated rings. The Kier molecular flexibility index (Phi) is 4.90. The van der Waals surface area contributed by atoms with Crippen LogP contribution < -0.4 is 0 Å². The molecule has 1 aromatic rings. The summed E-state index contributed by atoms with van der Waals surface area (Å²) in [5, 5.41) is 18.2. The predicted molar refractivity (Wildman–Crippen MR) is 61.3 cm³/mol. The highest BCUT2D eigenvalue weighted by Gasteiger charge is 2.21. The second kappa shape index (κ2) is 6.20. The second-order valence-corrected chi connectivity index (χ2v) is 3.60. The molecule has 0 atom stereocenters. The average Bonchev–Trinajstić information content (AvgIpc) is 2.30. The minimum absolute atomic E-state index is 0.0347. The van der Waals surface area contributed by atoms with E-state index < -0.39 is 11.7 Å². The molecule has 2 N–H and O–H groups in total. The molecule has 0 aliphatic carbocycles. The van der Waals surface area contributed by atoms with Gasteiger partial charge in [0.05, 0.1) is 0 Å². The second-order valence-electron chi connectivity index (χ2n) is 3.60. The van der Waals surface area contributed by atoms with E-state index in [-0.39, 0.29) is 17.9 Å². The Morgan fingerprint density at radius 3 is 2.71 bits per heavy atom. The van der Waals surface area contributed by atoms with E-state index in [1.54, 1.807) is 6.92 Å². The van der Waals surface area contributed by atoms with Crippen LogP contribution in [0.2, 0.25) is 0 Å². The fourth-order valence-electron chi connectivity index (χ4n) is 1.55. The molecule has 0 saturated heterocycles. The highest BCUT2D eigenvalue weighted by atomic mass is 19.1. The van der Waals surface area contributed by atoms with Crippen LogP contribution in [-0.2, 0) is 0 Å². The molecule has 0 aliphatic heterocycles. The molecule has 0 aromatic heterocycles. The number of halogens is 1. The molecule has 0 spiro atoms. The van der Waals surface area contributed by atoms with Crippen LogP contribution in [0.1, 0.15) is 23.7 Å². The molecule has 0 saturated carbocycles. The number of carbonyl (C=O) groups excluding carboxylic acids is 1. The number of aliphatic hydroxyl groups excluding tert-OH is 1. The van der Waals surface area contributed by atoms with Crippen molar-refractivity contribution in [2.45, 2.75) is 13.3 Å². The van der Waals surface area contributed by atoms with Gasteiger partial charge in [-0.1, -0.05) is 6.07 Å². The van der Waals surface area contributed by atoms with E-state index in [0.29, 0.717) is 19.5 Å². The molecule has 17 heavy (non-hydrogen) atoms. The number of hydrogen-bond acceptors (Lipinski definition) is 3. The van der Waals surface area contributed by atoms with E-state index in [2.05, 4.69) is 0 Å². The Bertz CT molecular complexity index is 375. The van der Waals surface area contributed by atoms with E-state index in [0.717, 1.165) is 6.07 Å². The van der Waals surface area contributed by atoms with Gasteiger partial charge < -0.3 is 15.1 Å². The summed E-state index contributed by atoms with van der Waals surface area (Å²) in [4.78, 5) is 13.4. The van der Waals surface area contributed by atoms with Crippen molar-refractivity contribution in [1.29, 1.82) is 0 Å². The first-order valence-electron chi connectivity index (χ1n) is 5.49. The Morgan fingerprint density at radius 2 is 2.18 bits per heavy atom. The van der Waals surface area contributed by atoms with E-state index in [4.69, 9.17) is 5.11 Å². The van der Waals surface area contributed by atoms with Gasteiger partial charge in [-0.3, -0.25) is 4.79 Å². The van der Waals surface area contributed by atoms with Crippen LogP contribution in [0.15, 0.2) is 18.2 Å². The summed E-state index contributed by atoms with van der Waals surface area (Å²) >= 11 is 0. The lowest BCUT2D eigenvalue weighted by molar-refractivity contribution is 0.0746. The van der Waals surface area contributed by atoms with Gasteiger partial charge in [-0.05, 0) is 25.5 Å². The summed E-state index contributed by atoms with van der Waals surface area (Å²) in [6.45, 7) is 2.45. The summed E-state index contributed by atoms with van der Waals surface area (Å²) in [5.74, 6) is -1.66. The number of benzene rings is 1. The number of hydrogen-bond donors (Lipinski definition) is 2. The predicted octanol–water partition coefficient (Wildman–Crippen LogP) is 1.38. The first-order chi connectivity index (χ1) is 8.11. The minimum atomic E-state index is -0.738. The van der Waals surface area contributed by atoms with E-state index >= 15 is 0 Å². The van der Waals surface area contributed by atoms with E-state index in [1.165, 1.54) is 17.0 Å². The minimum Gasteiger partial charge on any atom is -0.507 e. The molecule has 0 bridgehead atoms. The number of amides is 1. The number of carbonyl (C=O) groups is 1. The fourth-order valence-corrected chi connectivity index (χ4v) is 1.55. The topological polar surface area (TPSA) is 60.8 Å². The maximum absolute atomic E-state index is 13.5. The molecule has 0 aliphatic rings. The lowest BCUT2D eigenvalue weighted by Crippen LogP contribution is -2.32. The summed E-state index contributed by atoms with van der Waals surface area (Å²) in [6, 6.07) is 3.74. The summed E-state index contributed by atoms with van der Waals surface area (Å²) < 4.78 is 13.5. The molecule has 0 unspecified atom stereocenters. The molecular formula is C12H16FNO3. The number of aromatic hydroxyl groups is 1. The molecule has 0 heterocycles. The molecule has 1 amide bonds. The van der Waals surface area contributed by atoms with Crippen LogP contribution in [0.3, 0.4) is 0 Å². The van der Waals surface area contributed by atoms with Crippen LogP contribution in [0.4, 0.5) is 4.39 Å². The third kappa shape index (κ3) is 3.17. The Balaban J connectivity index is 2.93. The number of nitrogens with zero attached hydrogens (tertiary/aromatic N) is 1. The van der Waals surface area contributed by atoms with Crippen molar-refractivity contribution in [3.63, 3.8) is 0 Å². The molecule has 1 rings (SSSR count). The number of aliphatic hydroxyl groups is 1. The highest BCUT2D eigenvalue weighted by molar-refractivity contribution is 5.97. The van der Waals surface area contributed by atoms with Crippen LogP contribution in [0.25, 0.3) is 0 Å². The van der Waals surface area contributed by atoms with Gasteiger partial charge in [0.25, 0.3) is 5.91 Å². The zero-order chi connectivity index (χ0) is 12.8. The van der Waals surface area contributed by atoms with Gasteiger partial charge in [-0.15, -0.1) is 0 Å². The third-order valence-electron chi connectivity index (χ3n) is 2.46. The molecule has 4 nitrogen and oxygen atoms in total. The van der Waals surface area contributed by atoms with Crippen LogP contribution >= 0.6 is 0 Å². The Morgan fingerprint density at radius 1 is 1.47 bits per heavy atom. The first kappa shape index (κ1) is 13.4. The van der Waals surface area contributed by atoms with Crippen molar-refractivity contribution in [3.05, 3.63) is 29.6 Å². The van der Waals surface area contributed by atoms with Crippen LogP contribution in [0, 0.1) is 5.82 Å². The maximum atomic E-state index is 13.5. The lowest BCUT2D eigenvalue weighted by atomic mass is 10.1. The standard InChI is InChI=1S/C12H16FNO3/c1-2-14(7-4-8-15)12(17)11-9(13)5-3-6-10(11)16/h3,5-6,15-16H,2,4,7-8H2,1H3. The SMILES string of the molecule is CCN(CCCO)C(=O)c1c(O)cccc1F. The van der Waals surface area contributed by atoms with Gasteiger partial charge in [0.1, 0.15) is 17.1 Å². The molecule has 5 heteroatoms. The average molecular weight is 241 g/mol. The molecule has 0 radical (unpaired) electrons. The van der Waals surface area contributed by atoms with Crippen molar-refractivity contribution in [2.75, 3.05) is 19.7 Å². The molecule has 1 aromatic carbocycles. The summed E-state index contributed by atoms with van der Waals surface area (Å²) in [6.07, 6.45) is 0.425. The normalized spacial score (nSPS) is 10.3. The Labute approximate surface area is 99.3 Å². The quantitative estimate of drug-likeness (QED) is 0.818. The largest absolute Gasteiger partial charge is 0.507 e.